The van der Waals surface area contributed by atoms with Gasteiger partial charge < -0.3 is 15.3 Å². The number of urea groups is 1. The van der Waals surface area contributed by atoms with Crippen LogP contribution < -0.4 is 5.32 Å². The Morgan fingerprint density at radius 1 is 1.29 bits per heavy atom. The van der Waals surface area contributed by atoms with Gasteiger partial charge in [0.05, 0.1) is 5.52 Å². The van der Waals surface area contributed by atoms with E-state index in [1.54, 1.807) is 6.20 Å². The van der Waals surface area contributed by atoms with Gasteiger partial charge >= 0.3 is 12.0 Å². The van der Waals surface area contributed by atoms with E-state index in [1.807, 2.05) is 30.3 Å². The number of amides is 2. The van der Waals surface area contributed by atoms with Crippen molar-refractivity contribution in [1.82, 2.24) is 15.2 Å². The number of aromatic nitrogens is 1. The average Bonchev–Trinajstić information content (AvgIpc) is 2.46. The summed E-state index contributed by atoms with van der Waals surface area (Å²) in [5.41, 5.74) is 1.97. The molecule has 1 aromatic heterocycles. The largest absolute Gasteiger partial charge is 0.480 e. The quantitative estimate of drug-likeness (QED) is 0.873. The second kappa shape index (κ2) is 6.69. The third-order valence-electron chi connectivity index (χ3n) is 3.11. The van der Waals surface area contributed by atoms with Crippen LogP contribution in [0.3, 0.4) is 0 Å². The number of carboxylic acids is 1. The van der Waals surface area contributed by atoms with E-state index in [-0.39, 0.29) is 6.54 Å². The molecule has 0 unspecified atom stereocenters. The number of carbonyl (C=O) groups is 2. The molecule has 21 heavy (non-hydrogen) atoms. The summed E-state index contributed by atoms with van der Waals surface area (Å²) in [5.74, 6) is -1.04. The van der Waals surface area contributed by atoms with E-state index >= 15 is 0 Å². The van der Waals surface area contributed by atoms with Crippen LogP contribution in [0.25, 0.3) is 10.9 Å². The fourth-order valence-electron chi connectivity index (χ4n) is 2.08. The maximum absolute atomic E-state index is 11.7. The van der Waals surface area contributed by atoms with E-state index in [2.05, 4.69) is 10.3 Å². The Morgan fingerprint density at radius 2 is 2.05 bits per heavy atom. The van der Waals surface area contributed by atoms with Gasteiger partial charge in [0.1, 0.15) is 6.54 Å². The van der Waals surface area contributed by atoms with Crippen LogP contribution in [0.1, 0.15) is 5.56 Å². The van der Waals surface area contributed by atoms with Crippen LogP contribution in [0, 0.1) is 0 Å². The number of nitrogens with zero attached hydrogens (tertiary/aromatic N) is 2. The number of fused-ring (bicyclic) bond motifs is 1. The number of carbonyl (C=O) groups excluding carboxylic acids is 1. The molecule has 2 N–H and O–H groups in total. The maximum atomic E-state index is 11.7. The molecule has 2 rings (SSSR count). The number of aliphatic carboxylic acids is 1. The lowest BCUT2D eigenvalue weighted by atomic mass is 10.1. The first-order valence-corrected chi connectivity index (χ1v) is 6.61. The summed E-state index contributed by atoms with van der Waals surface area (Å²) < 4.78 is 0. The van der Waals surface area contributed by atoms with Crippen molar-refractivity contribution in [2.75, 3.05) is 20.1 Å². The highest BCUT2D eigenvalue weighted by Gasteiger charge is 2.11. The Labute approximate surface area is 122 Å². The van der Waals surface area contributed by atoms with Gasteiger partial charge in [-0.3, -0.25) is 9.78 Å². The molecule has 110 valence electrons. The van der Waals surface area contributed by atoms with Gasteiger partial charge in [0.25, 0.3) is 0 Å². The summed E-state index contributed by atoms with van der Waals surface area (Å²) in [6, 6.07) is 9.40. The standard InChI is InChI=1S/C15H17N3O3/c1-18(10-13(19)20)15(21)17-9-7-12-5-2-4-11-6-3-8-16-14(11)12/h2-6,8H,7,9-10H2,1H3,(H,17,21)(H,19,20). The van der Waals surface area contributed by atoms with E-state index in [1.165, 1.54) is 7.05 Å². The van der Waals surface area contributed by atoms with E-state index in [0.29, 0.717) is 13.0 Å². The molecule has 0 saturated carbocycles. The topological polar surface area (TPSA) is 82.5 Å². The molecule has 1 aromatic carbocycles. The third-order valence-corrected chi connectivity index (χ3v) is 3.11. The van der Waals surface area contributed by atoms with Crippen molar-refractivity contribution in [2.24, 2.45) is 0 Å². The monoisotopic (exact) mass is 287 g/mol. The molecule has 0 aliphatic carbocycles. The molecule has 0 atom stereocenters. The van der Waals surface area contributed by atoms with E-state index in [9.17, 15) is 9.59 Å². The molecule has 0 radical (unpaired) electrons. The first-order valence-electron chi connectivity index (χ1n) is 6.61. The predicted octanol–water partition coefficient (Wildman–Crippen LogP) is 1.50. The molecular formula is C15H17N3O3. The van der Waals surface area contributed by atoms with Gasteiger partial charge in [-0.2, -0.15) is 0 Å². The van der Waals surface area contributed by atoms with Crippen molar-refractivity contribution in [2.45, 2.75) is 6.42 Å². The fraction of sp³-hybridized carbons (Fsp3) is 0.267. The highest BCUT2D eigenvalue weighted by atomic mass is 16.4. The minimum Gasteiger partial charge on any atom is -0.480 e. The van der Waals surface area contributed by atoms with Gasteiger partial charge in [-0.15, -0.1) is 0 Å². The van der Waals surface area contributed by atoms with Crippen molar-refractivity contribution in [1.29, 1.82) is 0 Å². The third kappa shape index (κ3) is 3.92. The van der Waals surface area contributed by atoms with Crippen LogP contribution in [0.15, 0.2) is 36.5 Å². The van der Waals surface area contributed by atoms with Crippen LogP contribution in [-0.4, -0.2) is 47.1 Å². The Balaban J connectivity index is 1.93. The first-order chi connectivity index (χ1) is 10.1. The van der Waals surface area contributed by atoms with Crippen LogP contribution in [0.4, 0.5) is 4.79 Å². The average molecular weight is 287 g/mol. The Hall–Kier alpha value is -2.63. The first kappa shape index (κ1) is 14.8. The number of carboxylic acid groups (broad SMARTS) is 1. The van der Waals surface area contributed by atoms with Crippen molar-refractivity contribution >= 4 is 22.9 Å². The molecule has 0 aliphatic heterocycles. The molecule has 6 heteroatoms. The minimum atomic E-state index is -1.04. The number of pyridine rings is 1. The molecule has 2 amide bonds. The number of benzene rings is 1. The van der Waals surface area contributed by atoms with Gasteiger partial charge in [0, 0.05) is 25.2 Å². The molecule has 6 nitrogen and oxygen atoms in total. The predicted molar refractivity (Wildman–Crippen MR) is 79.1 cm³/mol. The molecule has 0 bridgehead atoms. The zero-order valence-corrected chi connectivity index (χ0v) is 11.7. The molecule has 0 aliphatic rings. The SMILES string of the molecule is CN(CC(=O)O)C(=O)NCCc1cccc2cccnc12. The zero-order chi connectivity index (χ0) is 15.2. The number of para-hydroxylation sites is 1. The number of nitrogens with one attached hydrogen (secondary N) is 1. The Bertz CT molecular complexity index is 652. The highest BCUT2D eigenvalue weighted by Crippen LogP contribution is 2.15. The van der Waals surface area contributed by atoms with Crippen LogP contribution in [0.5, 0.6) is 0 Å². The van der Waals surface area contributed by atoms with Crippen molar-refractivity contribution in [3.05, 3.63) is 42.1 Å². The van der Waals surface area contributed by atoms with E-state index in [0.717, 1.165) is 21.4 Å². The van der Waals surface area contributed by atoms with E-state index < -0.39 is 12.0 Å². The minimum absolute atomic E-state index is 0.318. The number of hydrogen-bond donors (Lipinski definition) is 2. The molecular weight excluding hydrogens is 270 g/mol. The van der Waals surface area contributed by atoms with Gasteiger partial charge in [0.2, 0.25) is 0 Å². The van der Waals surface area contributed by atoms with Crippen LogP contribution in [-0.2, 0) is 11.2 Å². The van der Waals surface area contributed by atoms with Crippen LogP contribution in [0.2, 0.25) is 0 Å². The Morgan fingerprint density at radius 3 is 2.81 bits per heavy atom. The summed E-state index contributed by atoms with van der Waals surface area (Å²) in [6.07, 6.45) is 2.38. The normalized spacial score (nSPS) is 10.3. The summed E-state index contributed by atoms with van der Waals surface area (Å²) >= 11 is 0. The van der Waals surface area contributed by atoms with Gasteiger partial charge in [0.15, 0.2) is 0 Å². The lowest BCUT2D eigenvalue weighted by Crippen LogP contribution is -2.40. The molecule has 2 aromatic rings. The smallest absolute Gasteiger partial charge is 0.323 e. The molecule has 0 saturated heterocycles. The second-order valence-corrected chi connectivity index (χ2v) is 4.72. The fourth-order valence-corrected chi connectivity index (χ4v) is 2.08. The van der Waals surface area contributed by atoms with E-state index in [4.69, 9.17) is 5.11 Å². The molecule has 0 fully saturated rings. The lowest BCUT2D eigenvalue weighted by molar-refractivity contribution is -0.137. The van der Waals surface area contributed by atoms with Crippen molar-refractivity contribution in [3.63, 3.8) is 0 Å². The highest BCUT2D eigenvalue weighted by molar-refractivity contribution is 5.82. The number of rotatable bonds is 5. The number of likely N-dealkylation sites (N-methyl/N-ethyl adjacent to an activating group) is 1. The number of hydrogen-bond acceptors (Lipinski definition) is 3. The summed E-state index contributed by atoms with van der Waals surface area (Å²) in [5, 5.41) is 12.4. The summed E-state index contributed by atoms with van der Waals surface area (Å²) in [6.45, 7) is 0.111. The summed E-state index contributed by atoms with van der Waals surface area (Å²) in [4.78, 5) is 27.7. The lowest BCUT2D eigenvalue weighted by Gasteiger charge is -2.15. The van der Waals surface area contributed by atoms with Crippen LogP contribution >= 0.6 is 0 Å². The van der Waals surface area contributed by atoms with Gasteiger partial charge in [-0.05, 0) is 18.1 Å². The molecule has 0 spiro atoms. The Kier molecular flexibility index (Phi) is 4.71. The van der Waals surface area contributed by atoms with Gasteiger partial charge in [-0.25, -0.2) is 4.79 Å². The van der Waals surface area contributed by atoms with Crippen molar-refractivity contribution in [3.8, 4) is 0 Å². The zero-order valence-electron chi connectivity index (χ0n) is 11.7. The maximum Gasteiger partial charge on any atom is 0.323 e. The second-order valence-electron chi connectivity index (χ2n) is 4.72. The molecule has 1 heterocycles. The summed E-state index contributed by atoms with van der Waals surface area (Å²) in [7, 11) is 1.45. The van der Waals surface area contributed by atoms with Crippen molar-refractivity contribution < 1.29 is 14.7 Å². The van der Waals surface area contributed by atoms with Gasteiger partial charge in [-0.1, -0.05) is 24.3 Å².